The molecular formula is C9H20N2S. The van der Waals surface area contributed by atoms with Crippen LogP contribution < -0.4 is 11.1 Å². The van der Waals surface area contributed by atoms with Crippen molar-refractivity contribution in [3.63, 3.8) is 0 Å². The Morgan fingerprint density at radius 3 is 2.42 bits per heavy atom. The zero-order valence-electron chi connectivity index (χ0n) is 8.26. The van der Waals surface area contributed by atoms with Crippen molar-refractivity contribution in [1.29, 1.82) is 0 Å². The second kappa shape index (κ2) is 7.50. The highest BCUT2D eigenvalue weighted by Crippen LogP contribution is 2.01. The van der Waals surface area contributed by atoms with Crippen LogP contribution in [-0.4, -0.2) is 18.8 Å². The molecule has 0 aromatic heterocycles. The maximum Gasteiger partial charge on any atom is 0.0113 e. The topological polar surface area (TPSA) is 38.0 Å². The number of hydrogen-bond donors (Lipinski definition) is 2. The molecule has 12 heavy (non-hydrogen) atoms. The van der Waals surface area contributed by atoms with Gasteiger partial charge in [0.25, 0.3) is 0 Å². The molecule has 72 valence electrons. The Bertz CT molecular complexity index is 124. The van der Waals surface area contributed by atoms with Gasteiger partial charge in [-0.25, -0.2) is 0 Å². The molecule has 0 spiro atoms. The van der Waals surface area contributed by atoms with E-state index in [0.29, 0.717) is 0 Å². The average molecular weight is 188 g/mol. The van der Waals surface area contributed by atoms with Gasteiger partial charge in [0.15, 0.2) is 0 Å². The molecule has 1 heterocycles. The number of thioether (sulfide) groups is 1. The van der Waals surface area contributed by atoms with Gasteiger partial charge in [-0.3, -0.25) is 0 Å². The van der Waals surface area contributed by atoms with Crippen molar-refractivity contribution in [3.05, 3.63) is 11.1 Å². The number of nitrogens with two attached hydrogens (primary N) is 1. The summed E-state index contributed by atoms with van der Waals surface area (Å²) < 4.78 is 0. The fourth-order valence-electron chi connectivity index (χ4n) is 1.04. The molecule has 0 aromatic rings. The highest BCUT2D eigenvalue weighted by molar-refractivity contribution is 8.01. The lowest BCUT2D eigenvalue weighted by Gasteiger charge is -1.95. The zero-order valence-corrected chi connectivity index (χ0v) is 9.08. The van der Waals surface area contributed by atoms with E-state index in [1.54, 1.807) is 11.8 Å². The van der Waals surface area contributed by atoms with Crippen molar-refractivity contribution in [2.45, 2.75) is 32.7 Å². The van der Waals surface area contributed by atoms with Crippen LogP contribution >= 0.6 is 11.8 Å². The molecule has 0 aliphatic carbocycles. The van der Waals surface area contributed by atoms with Gasteiger partial charge in [-0.15, -0.1) is 11.8 Å². The van der Waals surface area contributed by atoms with Crippen LogP contribution in [0.1, 0.15) is 26.7 Å². The van der Waals surface area contributed by atoms with Crippen molar-refractivity contribution in [1.82, 2.24) is 5.32 Å². The molecule has 1 fully saturated rings. The molecule has 0 unspecified atom stereocenters. The van der Waals surface area contributed by atoms with Gasteiger partial charge in [0.05, 0.1) is 0 Å². The lowest BCUT2D eigenvalue weighted by atomic mass is 10.3. The van der Waals surface area contributed by atoms with Crippen LogP contribution in [0.15, 0.2) is 11.1 Å². The molecule has 0 aromatic carbocycles. The lowest BCUT2D eigenvalue weighted by molar-refractivity contribution is 0.664. The van der Waals surface area contributed by atoms with Gasteiger partial charge in [0, 0.05) is 11.7 Å². The summed E-state index contributed by atoms with van der Waals surface area (Å²) in [5.74, 6) is 0. The molecular weight excluding hydrogens is 168 g/mol. The van der Waals surface area contributed by atoms with E-state index in [1.807, 2.05) is 18.6 Å². The molecule has 3 N–H and O–H groups in total. The third kappa shape index (κ3) is 7.95. The third-order valence-corrected chi connectivity index (χ3v) is 2.22. The fraction of sp³-hybridized carbons (Fsp3) is 0.778. The van der Waals surface area contributed by atoms with E-state index in [0.717, 1.165) is 11.7 Å². The summed E-state index contributed by atoms with van der Waals surface area (Å²) >= 11 is 1.62. The Balaban J connectivity index is 0.000000202. The first-order valence-corrected chi connectivity index (χ1v) is 5.64. The van der Waals surface area contributed by atoms with E-state index in [1.165, 1.54) is 19.4 Å². The van der Waals surface area contributed by atoms with Crippen molar-refractivity contribution in [2.75, 3.05) is 12.8 Å². The van der Waals surface area contributed by atoms with Crippen LogP contribution in [0.5, 0.6) is 0 Å². The molecule has 0 saturated carbocycles. The summed E-state index contributed by atoms with van der Waals surface area (Å²) in [6, 6.07) is 0.796. The highest BCUT2D eigenvalue weighted by atomic mass is 32.2. The van der Waals surface area contributed by atoms with Crippen LogP contribution in [0.3, 0.4) is 0 Å². The first-order valence-electron chi connectivity index (χ1n) is 4.35. The monoisotopic (exact) mass is 188 g/mol. The fourth-order valence-corrected chi connectivity index (χ4v) is 1.42. The predicted molar refractivity (Wildman–Crippen MR) is 58.2 cm³/mol. The Morgan fingerprint density at radius 1 is 1.67 bits per heavy atom. The van der Waals surface area contributed by atoms with E-state index in [9.17, 15) is 0 Å². The SMILES string of the molecule is CS/C=C(/C)N.C[C@H]1CCCN1. The zero-order chi connectivity index (χ0) is 9.40. The summed E-state index contributed by atoms with van der Waals surface area (Å²) in [5.41, 5.74) is 6.12. The second-order valence-electron chi connectivity index (χ2n) is 3.09. The van der Waals surface area contributed by atoms with Gasteiger partial charge >= 0.3 is 0 Å². The van der Waals surface area contributed by atoms with Gasteiger partial charge in [-0.05, 0) is 44.9 Å². The Morgan fingerprint density at radius 2 is 2.33 bits per heavy atom. The lowest BCUT2D eigenvalue weighted by Crippen LogP contribution is -2.16. The molecule has 1 aliphatic rings. The minimum absolute atomic E-state index is 0.796. The molecule has 3 heteroatoms. The molecule has 2 nitrogen and oxygen atoms in total. The standard InChI is InChI=1S/C5H11N.C4H9NS/c1-5-3-2-4-6-5;1-4(5)3-6-2/h5-6H,2-4H2,1H3;3H,5H2,1-2H3/b;4-3-/t5-;/m0./s1. The molecule has 0 amide bonds. The average Bonchev–Trinajstić information content (AvgIpc) is 2.40. The van der Waals surface area contributed by atoms with Crippen molar-refractivity contribution < 1.29 is 0 Å². The van der Waals surface area contributed by atoms with E-state index in [4.69, 9.17) is 5.73 Å². The molecule has 0 radical (unpaired) electrons. The Labute approximate surface area is 80.0 Å². The van der Waals surface area contributed by atoms with Crippen LogP contribution in [0.25, 0.3) is 0 Å². The first-order chi connectivity index (χ1) is 5.66. The van der Waals surface area contributed by atoms with Crippen LogP contribution in [0.2, 0.25) is 0 Å². The van der Waals surface area contributed by atoms with Crippen molar-refractivity contribution in [3.8, 4) is 0 Å². The van der Waals surface area contributed by atoms with E-state index in [-0.39, 0.29) is 0 Å². The maximum absolute atomic E-state index is 5.24. The van der Waals surface area contributed by atoms with E-state index in [2.05, 4.69) is 12.2 Å². The van der Waals surface area contributed by atoms with Gasteiger partial charge in [-0.2, -0.15) is 0 Å². The van der Waals surface area contributed by atoms with Gasteiger partial charge in [0.1, 0.15) is 0 Å². The summed E-state index contributed by atoms with van der Waals surface area (Å²) in [6.07, 6.45) is 4.73. The van der Waals surface area contributed by atoms with Crippen LogP contribution in [-0.2, 0) is 0 Å². The largest absolute Gasteiger partial charge is 0.402 e. The molecule has 1 aliphatic heterocycles. The highest BCUT2D eigenvalue weighted by Gasteiger charge is 2.05. The maximum atomic E-state index is 5.24. The minimum atomic E-state index is 0.796. The number of hydrogen-bond acceptors (Lipinski definition) is 3. The third-order valence-electron chi connectivity index (χ3n) is 1.61. The Kier molecular flexibility index (Phi) is 7.40. The smallest absolute Gasteiger partial charge is 0.0113 e. The van der Waals surface area contributed by atoms with E-state index >= 15 is 0 Å². The van der Waals surface area contributed by atoms with Crippen LogP contribution in [0, 0.1) is 0 Å². The van der Waals surface area contributed by atoms with Crippen LogP contribution in [0.4, 0.5) is 0 Å². The first kappa shape index (κ1) is 11.8. The van der Waals surface area contributed by atoms with Crippen molar-refractivity contribution >= 4 is 11.8 Å². The summed E-state index contributed by atoms with van der Waals surface area (Å²) in [6.45, 7) is 5.34. The summed E-state index contributed by atoms with van der Waals surface area (Å²) in [5, 5.41) is 5.22. The second-order valence-corrected chi connectivity index (χ2v) is 3.80. The summed E-state index contributed by atoms with van der Waals surface area (Å²) in [7, 11) is 0. The molecule has 1 rings (SSSR count). The normalized spacial score (nSPS) is 23.2. The number of allylic oxidation sites excluding steroid dienone is 1. The van der Waals surface area contributed by atoms with Gasteiger partial charge in [0.2, 0.25) is 0 Å². The quantitative estimate of drug-likeness (QED) is 0.660. The van der Waals surface area contributed by atoms with E-state index < -0.39 is 0 Å². The molecule has 0 bridgehead atoms. The number of rotatable bonds is 1. The van der Waals surface area contributed by atoms with Gasteiger partial charge < -0.3 is 11.1 Å². The minimum Gasteiger partial charge on any atom is -0.402 e. The predicted octanol–water partition coefficient (Wildman–Crippen LogP) is 1.93. The summed E-state index contributed by atoms with van der Waals surface area (Å²) in [4.78, 5) is 0. The number of nitrogens with one attached hydrogen (secondary N) is 1. The Hall–Kier alpha value is -0.150. The van der Waals surface area contributed by atoms with Gasteiger partial charge in [-0.1, -0.05) is 0 Å². The molecule has 1 atom stereocenters. The molecule has 1 saturated heterocycles. The van der Waals surface area contributed by atoms with Crippen molar-refractivity contribution in [2.24, 2.45) is 5.73 Å².